The Morgan fingerprint density at radius 1 is 1.20 bits per heavy atom. The molecule has 1 fully saturated rings. The molecule has 2 atom stereocenters. The molecule has 0 radical (unpaired) electrons. The number of allylic oxidation sites excluding steroid dienone is 3. The van der Waals surface area contributed by atoms with Gasteiger partial charge in [0.05, 0.1) is 19.7 Å². The third-order valence-corrected chi connectivity index (χ3v) is 5.79. The number of ketones is 2. The number of methoxy groups -OCH3 is 1. The van der Waals surface area contributed by atoms with Crippen LogP contribution in [0.5, 0.6) is 0 Å². The molecule has 9 heteroatoms. The molecule has 0 aromatic heterocycles. The molecular weight excluding hydrogens is 392 g/mol. The highest BCUT2D eigenvalue weighted by Crippen LogP contribution is 2.38. The molecule has 0 aromatic rings. The van der Waals surface area contributed by atoms with E-state index in [1.807, 2.05) is 0 Å². The Hall–Kier alpha value is -3.23. The third kappa shape index (κ3) is 3.24. The number of hydrogen-bond donors (Lipinski definition) is 0. The van der Waals surface area contributed by atoms with Crippen molar-refractivity contribution in [1.82, 2.24) is 9.80 Å². The average Bonchev–Trinajstić information content (AvgIpc) is 2.72. The molecule has 0 aromatic carbocycles. The first-order valence-corrected chi connectivity index (χ1v) is 9.57. The van der Waals surface area contributed by atoms with Crippen LogP contribution < -0.4 is 0 Å². The van der Waals surface area contributed by atoms with E-state index in [1.54, 1.807) is 19.9 Å². The Morgan fingerprint density at radius 3 is 2.47 bits per heavy atom. The van der Waals surface area contributed by atoms with Crippen LogP contribution in [0.4, 0.5) is 0 Å². The van der Waals surface area contributed by atoms with Crippen LogP contribution in [0.1, 0.15) is 27.2 Å². The molecule has 2 amide bonds. The lowest BCUT2D eigenvalue weighted by atomic mass is 9.77. The minimum absolute atomic E-state index is 0.0512. The van der Waals surface area contributed by atoms with Crippen LogP contribution in [0.3, 0.4) is 0 Å². The normalized spacial score (nSPS) is 24.9. The lowest BCUT2D eigenvalue weighted by Crippen LogP contribution is -2.65. The van der Waals surface area contributed by atoms with Crippen molar-refractivity contribution in [2.45, 2.75) is 39.3 Å². The van der Waals surface area contributed by atoms with E-state index in [4.69, 9.17) is 9.47 Å². The second-order valence-corrected chi connectivity index (χ2v) is 7.51. The minimum Gasteiger partial charge on any atom is -0.492 e. The number of nitrogens with zero attached hydrogens (tertiary/aromatic N) is 2. The molecule has 30 heavy (non-hydrogen) atoms. The van der Waals surface area contributed by atoms with Crippen molar-refractivity contribution in [3.05, 3.63) is 34.1 Å². The fourth-order valence-corrected chi connectivity index (χ4v) is 4.05. The molecule has 0 spiro atoms. The highest BCUT2D eigenvalue weighted by molar-refractivity contribution is 6.25. The number of carbonyl (C=O) groups is 5. The topological polar surface area (TPSA) is 110 Å². The summed E-state index contributed by atoms with van der Waals surface area (Å²) in [5.41, 5.74) is 0.727. The van der Waals surface area contributed by atoms with E-state index >= 15 is 0 Å². The zero-order chi connectivity index (χ0) is 22.3. The maximum Gasteiger partial charge on any atom is 0.333 e. The van der Waals surface area contributed by atoms with Gasteiger partial charge in [-0.25, -0.2) is 4.79 Å². The number of carbonyl (C=O) groups excluding carboxylic acids is 5. The number of rotatable bonds is 4. The summed E-state index contributed by atoms with van der Waals surface area (Å²) in [7, 11) is 2.80. The molecule has 2 aliphatic heterocycles. The molecule has 0 unspecified atom stereocenters. The summed E-state index contributed by atoms with van der Waals surface area (Å²) in [5.74, 6) is -2.37. The third-order valence-electron chi connectivity index (χ3n) is 5.79. The Kier molecular flexibility index (Phi) is 5.65. The minimum atomic E-state index is -1.05. The molecule has 160 valence electrons. The van der Waals surface area contributed by atoms with Crippen LogP contribution in [0.2, 0.25) is 0 Å². The first-order valence-electron chi connectivity index (χ1n) is 9.57. The second kappa shape index (κ2) is 7.89. The lowest BCUT2D eigenvalue weighted by Gasteiger charge is -2.47. The van der Waals surface area contributed by atoms with E-state index in [0.29, 0.717) is 5.57 Å². The summed E-state index contributed by atoms with van der Waals surface area (Å²) in [5, 5.41) is 0. The number of amides is 2. The number of fused-ring (bicyclic) bond motifs is 1. The Labute approximate surface area is 174 Å². The average molecular weight is 416 g/mol. The first kappa shape index (κ1) is 21.5. The second-order valence-electron chi connectivity index (χ2n) is 7.51. The van der Waals surface area contributed by atoms with Crippen molar-refractivity contribution >= 4 is 29.4 Å². The van der Waals surface area contributed by atoms with E-state index in [0.717, 1.165) is 0 Å². The summed E-state index contributed by atoms with van der Waals surface area (Å²) >= 11 is 0. The maximum atomic E-state index is 13.1. The molecule has 9 nitrogen and oxygen atoms in total. The Morgan fingerprint density at radius 2 is 1.87 bits per heavy atom. The largest absolute Gasteiger partial charge is 0.492 e. The van der Waals surface area contributed by atoms with E-state index < -0.39 is 29.6 Å². The Bertz CT molecular complexity index is 956. The van der Waals surface area contributed by atoms with Gasteiger partial charge in [0.15, 0.2) is 11.5 Å². The van der Waals surface area contributed by atoms with Gasteiger partial charge in [-0.1, -0.05) is 6.08 Å². The quantitative estimate of drug-likeness (QED) is 0.368. The van der Waals surface area contributed by atoms with Gasteiger partial charge < -0.3 is 19.3 Å². The molecule has 2 heterocycles. The van der Waals surface area contributed by atoms with Gasteiger partial charge in [-0.05, 0) is 20.8 Å². The van der Waals surface area contributed by atoms with Crippen LogP contribution in [-0.2, 0) is 33.4 Å². The molecule has 1 aliphatic carbocycles. The van der Waals surface area contributed by atoms with Crippen molar-refractivity contribution in [1.29, 1.82) is 0 Å². The number of ether oxygens (including phenoxy) is 2. The Balaban J connectivity index is 2.09. The predicted octanol–water partition coefficient (Wildman–Crippen LogP) is 0.306. The van der Waals surface area contributed by atoms with Gasteiger partial charge in [0.2, 0.25) is 17.6 Å². The molecule has 0 bridgehead atoms. The van der Waals surface area contributed by atoms with Crippen molar-refractivity contribution < 1.29 is 33.4 Å². The molecule has 0 saturated carbocycles. The number of likely N-dealkylation sites (N-methyl/N-ethyl adjacent to an activating group) is 1. The van der Waals surface area contributed by atoms with Crippen molar-refractivity contribution in [3.8, 4) is 0 Å². The van der Waals surface area contributed by atoms with Crippen LogP contribution in [-0.4, -0.2) is 78.5 Å². The van der Waals surface area contributed by atoms with Gasteiger partial charge in [0, 0.05) is 35.8 Å². The van der Waals surface area contributed by atoms with Crippen molar-refractivity contribution in [2.75, 3.05) is 27.3 Å². The van der Waals surface area contributed by atoms with Crippen molar-refractivity contribution in [2.24, 2.45) is 0 Å². The fourth-order valence-electron chi connectivity index (χ4n) is 4.05. The molecule has 1 saturated heterocycles. The first-order chi connectivity index (χ1) is 14.1. The molecular formula is C21H24N2O7. The highest BCUT2D eigenvalue weighted by Gasteiger charge is 2.51. The maximum absolute atomic E-state index is 13.1. The van der Waals surface area contributed by atoms with E-state index in [9.17, 15) is 24.0 Å². The molecule has 3 rings (SSSR count). The van der Waals surface area contributed by atoms with Crippen LogP contribution in [0.25, 0.3) is 0 Å². The monoisotopic (exact) mass is 416 g/mol. The van der Waals surface area contributed by atoms with Crippen LogP contribution in [0.15, 0.2) is 34.1 Å². The summed E-state index contributed by atoms with van der Waals surface area (Å²) in [6, 6.07) is -1.98. The summed E-state index contributed by atoms with van der Waals surface area (Å²) in [6.07, 6.45) is 1.51. The summed E-state index contributed by atoms with van der Waals surface area (Å²) in [6.45, 7) is 4.23. The highest BCUT2D eigenvalue weighted by atomic mass is 16.5. The zero-order valence-electron chi connectivity index (χ0n) is 17.6. The van der Waals surface area contributed by atoms with Gasteiger partial charge >= 0.3 is 5.97 Å². The SMILES string of the molecule is C/C=C(/C)C(=O)OC[C@H]1C2=C(C[C@H]3C(=O)N(C)CC(=O)N31)C(=O)C(C)=C(OC)C2=O. The molecule has 0 N–H and O–H groups in total. The fraction of sp³-hybridized carbons (Fsp3) is 0.476. The van der Waals surface area contributed by atoms with Gasteiger partial charge in [-0.15, -0.1) is 0 Å². The van der Waals surface area contributed by atoms with E-state index in [1.165, 1.54) is 30.9 Å². The zero-order valence-corrected chi connectivity index (χ0v) is 17.6. The molecule has 3 aliphatic rings. The smallest absolute Gasteiger partial charge is 0.333 e. The van der Waals surface area contributed by atoms with E-state index in [2.05, 4.69) is 0 Å². The lowest BCUT2D eigenvalue weighted by molar-refractivity contribution is -0.160. The summed E-state index contributed by atoms with van der Waals surface area (Å²) in [4.78, 5) is 66.4. The van der Waals surface area contributed by atoms with Crippen LogP contribution >= 0.6 is 0 Å². The number of hydrogen-bond acceptors (Lipinski definition) is 7. The van der Waals surface area contributed by atoms with Gasteiger partial charge in [-0.3, -0.25) is 19.2 Å². The van der Waals surface area contributed by atoms with Gasteiger partial charge in [0.25, 0.3) is 0 Å². The van der Waals surface area contributed by atoms with Gasteiger partial charge in [0.1, 0.15) is 12.6 Å². The predicted molar refractivity (Wildman–Crippen MR) is 104 cm³/mol. The number of piperazine rings is 1. The summed E-state index contributed by atoms with van der Waals surface area (Å²) < 4.78 is 10.5. The van der Waals surface area contributed by atoms with Gasteiger partial charge in [-0.2, -0.15) is 0 Å². The van der Waals surface area contributed by atoms with Crippen LogP contribution in [0, 0.1) is 0 Å². The van der Waals surface area contributed by atoms with E-state index in [-0.39, 0.29) is 53.9 Å². The number of Topliss-reactive ketones (excluding diaryl/α,β-unsaturated/α-hetero) is 2. The standard InChI is InChI=1S/C21H24N2O7/c1-6-10(2)21(28)30-9-14-16-12(17(25)11(3)19(29-5)18(16)26)7-13-20(27)22(4)8-15(24)23(13)14/h6,13-14H,7-9H2,1-5H3/b10-6-/t13-,14-/m0/s1. The van der Waals surface area contributed by atoms with Crippen molar-refractivity contribution in [3.63, 3.8) is 0 Å². The number of esters is 1.